The fraction of sp³-hybridized carbons (Fsp3) is 0.600. The van der Waals surface area contributed by atoms with Crippen LogP contribution in [-0.2, 0) is 14.3 Å². The van der Waals surface area contributed by atoms with Gasteiger partial charge in [0.05, 0.1) is 11.0 Å². The van der Waals surface area contributed by atoms with Gasteiger partial charge in [-0.15, -0.1) is 0 Å². The Kier molecular flexibility index (Phi) is 3.18. The van der Waals surface area contributed by atoms with Crippen LogP contribution in [0.3, 0.4) is 0 Å². The minimum atomic E-state index is -3.59. The minimum absolute atomic E-state index is 0.127. The zero-order valence-electron chi connectivity index (χ0n) is 11.3. The van der Waals surface area contributed by atoms with E-state index >= 15 is 0 Å². The molecule has 1 spiro atoms. The number of aryl methyl sites for hydroxylation is 1. The zero-order valence-corrected chi connectivity index (χ0v) is 12.1. The number of hydrogen-bond acceptors (Lipinski definition) is 3. The second-order valence-electron chi connectivity index (χ2n) is 6.06. The van der Waals surface area contributed by atoms with E-state index in [1.54, 1.807) is 24.3 Å². The van der Waals surface area contributed by atoms with Gasteiger partial charge in [0.2, 0.25) is 0 Å². The van der Waals surface area contributed by atoms with Crippen molar-refractivity contribution < 1.29 is 12.6 Å². The van der Waals surface area contributed by atoms with E-state index in [1.165, 1.54) is 12.8 Å². The molecule has 4 heteroatoms. The lowest BCUT2D eigenvalue weighted by Crippen LogP contribution is -2.25. The summed E-state index contributed by atoms with van der Waals surface area (Å²) < 4.78 is 29.7. The van der Waals surface area contributed by atoms with Gasteiger partial charge >= 0.3 is 0 Å². The molecule has 1 aromatic rings. The molecule has 2 fully saturated rings. The molecule has 2 aliphatic rings. The van der Waals surface area contributed by atoms with Crippen LogP contribution in [0.1, 0.15) is 44.1 Å². The first-order chi connectivity index (χ1) is 8.99. The van der Waals surface area contributed by atoms with Gasteiger partial charge in [-0.2, -0.15) is 8.42 Å². The van der Waals surface area contributed by atoms with Gasteiger partial charge in [0, 0.05) is 0 Å². The Morgan fingerprint density at radius 2 is 1.63 bits per heavy atom. The summed E-state index contributed by atoms with van der Waals surface area (Å²) in [6.07, 6.45) is 6.53. The van der Waals surface area contributed by atoms with Crippen LogP contribution < -0.4 is 0 Å². The van der Waals surface area contributed by atoms with Crippen molar-refractivity contribution in [2.75, 3.05) is 0 Å². The van der Waals surface area contributed by atoms with Crippen LogP contribution in [0, 0.1) is 12.3 Å². The summed E-state index contributed by atoms with van der Waals surface area (Å²) in [6.45, 7) is 1.94. The molecule has 0 unspecified atom stereocenters. The van der Waals surface area contributed by atoms with Crippen LogP contribution in [0.2, 0.25) is 0 Å². The van der Waals surface area contributed by atoms with Crippen LogP contribution in [0.15, 0.2) is 29.2 Å². The summed E-state index contributed by atoms with van der Waals surface area (Å²) in [5, 5.41) is 0. The smallest absolute Gasteiger partial charge is 0.263 e. The topological polar surface area (TPSA) is 43.4 Å². The van der Waals surface area contributed by atoms with Crippen molar-refractivity contribution in [3.8, 4) is 0 Å². The van der Waals surface area contributed by atoms with Crippen molar-refractivity contribution >= 4 is 10.1 Å². The standard InChI is InChI=1S/C15H20O3S/c1-12-2-4-14(5-3-12)19(16,17)18-13-6-8-15(9-7-13)10-11-15/h2-5,13H,6-11H2,1H3. The highest BCUT2D eigenvalue weighted by Gasteiger charge is 2.45. The molecule has 1 aromatic carbocycles. The molecule has 19 heavy (non-hydrogen) atoms. The lowest BCUT2D eigenvalue weighted by atomic mass is 9.85. The van der Waals surface area contributed by atoms with Gasteiger partial charge in [-0.3, -0.25) is 4.18 Å². The van der Waals surface area contributed by atoms with Gasteiger partial charge in [-0.25, -0.2) is 0 Å². The van der Waals surface area contributed by atoms with Crippen molar-refractivity contribution in [2.45, 2.75) is 56.4 Å². The molecule has 3 rings (SSSR count). The third kappa shape index (κ3) is 2.84. The van der Waals surface area contributed by atoms with Crippen LogP contribution in [0.5, 0.6) is 0 Å². The molecular weight excluding hydrogens is 260 g/mol. The molecule has 104 valence electrons. The Hall–Kier alpha value is -0.870. The molecule has 0 N–H and O–H groups in total. The molecule has 0 saturated heterocycles. The first kappa shape index (κ1) is 13.1. The summed E-state index contributed by atoms with van der Waals surface area (Å²) in [7, 11) is -3.59. The second-order valence-corrected chi connectivity index (χ2v) is 7.63. The highest BCUT2D eigenvalue weighted by molar-refractivity contribution is 7.86. The van der Waals surface area contributed by atoms with Gasteiger partial charge in [-0.1, -0.05) is 17.7 Å². The predicted molar refractivity (Wildman–Crippen MR) is 73.4 cm³/mol. The largest absolute Gasteiger partial charge is 0.297 e. The molecule has 0 bridgehead atoms. The maximum Gasteiger partial charge on any atom is 0.297 e. The Morgan fingerprint density at radius 1 is 1.05 bits per heavy atom. The molecule has 2 aliphatic carbocycles. The van der Waals surface area contributed by atoms with E-state index in [0.29, 0.717) is 5.41 Å². The van der Waals surface area contributed by atoms with Crippen LogP contribution in [0.25, 0.3) is 0 Å². The van der Waals surface area contributed by atoms with Crippen molar-refractivity contribution in [3.63, 3.8) is 0 Å². The maximum atomic E-state index is 12.2. The SMILES string of the molecule is Cc1ccc(S(=O)(=O)OC2CCC3(CC2)CC3)cc1. The van der Waals surface area contributed by atoms with Crippen molar-refractivity contribution in [1.29, 1.82) is 0 Å². The molecule has 0 aliphatic heterocycles. The number of benzene rings is 1. The average Bonchev–Trinajstić information content (AvgIpc) is 3.13. The zero-order chi connectivity index (χ0) is 13.5. The van der Waals surface area contributed by atoms with Gasteiger partial charge in [0.25, 0.3) is 10.1 Å². The highest BCUT2D eigenvalue weighted by atomic mass is 32.2. The fourth-order valence-electron chi connectivity index (χ4n) is 2.92. The summed E-state index contributed by atoms with van der Waals surface area (Å²) in [5.41, 5.74) is 1.61. The predicted octanol–water partition coefficient (Wildman–Crippen LogP) is 3.42. The van der Waals surface area contributed by atoms with E-state index in [-0.39, 0.29) is 11.0 Å². The van der Waals surface area contributed by atoms with Gasteiger partial charge in [-0.05, 0) is 63.0 Å². The molecule has 3 nitrogen and oxygen atoms in total. The van der Waals surface area contributed by atoms with Crippen LogP contribution in [-0.4, -0.2) is 14.5 Å². The van der Waals surface area contributed by atoms with Crippen molar-refractivity contribution in [1.82, 2.24) is 0 Å². The Balaban J connectivity index is 1.66. The van der Waals surface area contributed by atoms with E-state index in [2.05, 4.69) is 0 Å². The second kappa shape index (κ2) is 4.60. The monoisotopic (exact) mass is 280 g/mol. The maximum absolute atomic E-state index is 12.2. The van der Waals surface area contributed by atoms with Gasteiger partial charge in [0.15, 0.2) is 0 Å². The van der Waals surface area contributed by atoms with E-state index in [4.69, 9.17) is 4.18 Å². The first-order valence-electron chi connectivity index (χ1n) is 6.99. The van der Waals surface area contributed by atoms with E-state index in [0.717, 1.165) is 31.2 Å². The molecule has 2 saturated carbocycles. The van der Waals surface area contributed by atoms with Gasteiger partial charge in [0.1, 0.15) is 0 Å². The van der Waals surface area contributed by atoms with Crippen LogP contribution in [0.4, 0.5) is 0 Å². The molecule has 0 radical (unpaired) electrons. The van der Waals surface area contributed by atoms with E-state index < -0.39 is 10.1 Å². The van der Waals surface area contributed by atoms with Crippen LogP contribution >= 0.6 is 0 Å². The molecular formula is C15H20O3S. The Morgan fingerprint density at radius 3 is 2.16 bits per heavy atom. The lowest BCUT2D eigenvalue weighted by Gasteiger charge is -2.27. The normalized spacial score (nSPS) is 22.6. The summed E-state index contributed by atoms with van der Waals surface area (Å²) in [4.78, 5) is 0.268. The number of hydrogen-bond donors (Lipinski definition) is 0. The van der Waals surface area contributed by atoms with Crippen molar-refractivity contribution in [3.05, 3.63) is 29.8 Å². The lowest BCUT2D eigenvalue weighted by molar-refractivity contribution is 0.130. The molecule has 0 atom stereocenters. The molecule has 0 amide bonds. The quantitative estimate of drug-likeness (QED) is 0.797. The fourth-order valence-corrected chi connectivity index (χ4v) is 4.05. The first-order valence-corrected chi connectivity index (χ1v) is 8.40. The third-order valence-corrected chi connectivity index (χ3v) is 5.90. The molecule has 0 aromatic heterocycles. The minimum Gasteiger partial charge on any atom is -0.263 e. The van der Waals surface area contributed by atoms with E-state index in [1.807, 2.05) is 6.92 Å². The summed E-state index contributed by atoms with van der Waals surface area (Å²) in [6, 6.07) is 6.85. The third-order valence-electron chi connectivity index (χ3n) is 4.52. The molecule has 0 heterocycles. The van der Waals surface area contributed by atoms with Gasteiger partial charge < -0.3 is 0 Å². The average molecular weight is 280 g/mol. The Bertz CT molecular complexity index is 546. The number of rotatable bonds is 3. The summed E-state index contributed by atoms with van der Waals surface area (Å²) >= 11 is 0. The summed E-state index contributed by atoms with van der Waals surface area (Å²) in [5.74, 6) is 0. The Labute approximate surface area is 115 Å². The van der Waals surface area contributed by atoms with E-state index in [9.17, 15) is 8.42 Å². The van der Waals surface area contributed by atoms with Crippen molar-refractivity contribution in [2.24, 2.45) is 5.41 Å². The highest BCUT2D eigenvalue weighted by Crippen LogP contribution is 2.56.